The fourth-order valence-corrected chi connectivity index (χ4v) is 1.18. The molecule has 0 amide bonds. The first-order chi connectivity index (χ1) is 6.66. The Morgan fingerprint density at radius 2 is 2.29 bits per heavy atom. The topological polar surface area (TPSA) is 55.5 Å². The van der Waals surface area contributed by atoms with E-state index in [1.54, 1.807) is 19.1 Å². The average Bonchev–Trinajstić information content (AvgIpc) is 2.15. The maximum Gasteiger partial charge on any atom is 0.165 e. The molecule has 3 nitrogen and oxygen atoms in total. The summed E-state index contributed by atoms with van der Waals surface area (Å²) in [6.07, 6.45) is 0. The van der Waals surface area contributed by atoms with Crippen LogP contribution in [0.2, 0.25) is 0 Å². The molecule has 0 fully saturated rings. The molecule has 0 spiro atoms. The third kappa shape index (κ3) is 2.43. The van der Waals surface area contributed by atoms with Gasteiger partial charge < -0.3 is 15.6 Å². The Labute approximate surface area is 82.3 Å². The maximum absolute atomic E-state index is 13.3. The summed E-state index contributed by atoms with van der Waals surface area (Å²) in [7, 11) is 0. The van der Waals surface area contributed by atoms with Crippen LogP contribution in [-0.2, 0) is 0 Å². The van der Waals surface area contributed by atoms with Crippen molar-refractivity contribution in [3.8, 4) is 5.75 Å². The highest BCUT2D eigenvalue weighted by molar-refractivity contribution is 5.36. The summed E-state index contributed by atoms with van der Waals surface area (Å²) in [4.78, 5) is 0. The van der Waals surface area contributed by atoms with Crippen LogP contribution < -0.4 is 10.5 Å². The molecule has 0 aliphatic carbocycles. The van der Waals surface area contributed by atoms with Crippen molar-refractivity contribution in [2.24, 2.45) is 5.73 Å². The van der Waals surface area contributed by atoms with Gasteiger partial charge in [-0.1, -0.05) is 12.1 Å². The molecule has 0 radical (unpaired) electrons. The van der Waals surface area contributed by atoms with Crippen LogP contribution in [0.3, 0.4) is 0 Å². The number of nitrogens with two attached hydrogens (primary N) is 1. The number of rotatable bonds is 4. The second-order valence-electron chi connectivity index (χ2n) is 3.02. The average molecular weight is 199 g/mol. The van der Waals surface area contributed by atoms with Gasteiger partial charge >= 0.3 is 0 Å². The molecule has 0 heterocycles. The summed E-state index contributed by atoms with van der Waals surface area (Å²) in [5.41, 5.74) is 6.26. The molecule has 1 rings (SSSR count). The fraction of sp³-hybridized carbons (Fsp3) is 0.400. The monoisotopic (exact) mass is 199 g/mol. The minimum Gasteiger partial charge on any atom is -0.488 e. The molecule has 0 saturated heterocycles. The molecule has 3 N–H and O–H groups in total. The number of ether oxygens (including phenoxy) is 1. The number of hydrogen-bond acceptors (Lipinski definition) is 3. The SMILES string of the molecule is CC(N)c1cccc(F)c1OCCO. The Hall–Kier alpha value is -1.13. The van der Waals surface area contributed by atoms with Crippen molar-refractivity contribution >= 4 is 0 Å². The zero-order valence-electron chi connectivity index (χ0n) is 8.03. The Morgan fingerprint density at radius 1 is 1.57 bits per heavy atom. The van der Waals surface area contributed by atoms with E-state index in [1.165, 1.54) is 6.07 Å². The highest BCUT2D eigenvalue weighted by Crippen LogP contribution is 2.26. The van der Waals surface area contributed by atoms with E-state index < -0.39 is 5.82 Å². The van der Waals surface area contributed by atoms with E-state index in [1.807, 2.05) is 0 Å². The fourth-order valence-electron chi connectivity index (χ4n) is 1.18. The van der Waals surface area contributed by atoms with Crippen LogP contribution >= 0.6 is 0 Å². The van der Waals surface area contributed by atoms with E-state index in [0.29, 0.717) is 5.56 Å². The number of halogens is 1. The lowest BCUT2D eigenvalue weighted by atomic mass is 10.1. The molecule has 0 aliphatic heterocycles. The van der Waals surface area contributed by atoms with Gasteiger partial charge in [-0.25, -0.2) is 4.39 Å². The van der Waals surface area contributed by atoms with Crippen molar-refractivity contribution in [2.45, 2.75) is 13.0 Å². The molecule has 1 atom stereocenters. The molecule has 4 heteroatoms. The van der Waals surface area contributed by atoms with Crippen molar-refractivity contribution in [1.82, 2.24) is 0 Å². The van der Waals surface area contributed by atoms with E-state index in [9.17, 15) is 4.39 Å². The predicted octanol–water partition coefficient (Wildman–Crippen LogP) is 1.22. The number of benzene rings is 1. The molecule has 1 aromatic carbocycles. The van der Waals surface area contributed by atoms with Crippen molar-refractivity contribution in [2.75, 3.05) is 13.2 Å². The van der Waals surface area contributed by atoms with Gasteiger partial charge in [-0.05, 0) is 13.0 Å². The van der Waals surface area contributed by atoms with E-state index in [-0.39, 0.29) is 25.0 Å². The molecule has 14 heavy (non-hydrogen) atoms. The third-order valence-electron chi connectivity index (χ3n) is 1.83. The number of hydrogen-bond donors (Lipinski definition) is 2. The van der Waals surface area contributed by atoms with Gasteiger partial charge in [-0.3, -0.25) is 0 Å². The van der Waals surface area contributed by atoms with E-state index in [2.05, 4.69) is 0 Å². The summed E-state index contributed by atoms with van der Waals surface area (Å²) < 4.78 is 18.3. The van der Waals surface area contributed by atoms with E-state index in [0.717, 1.165) is 0 Å². The summed E-state index contributed by atoms with van der Waals surface area (Å²) in [5, 5.41) is 8.57. The number of aliphatic hydroxyl groups excluding tert-OH is 1. The van der Waals surface area contributed by atoms with Gasteiger partial charge in [0, 0.05) is 11.6 Å². The predicted molar refractivity (Wildman–Crippen MR) is 51.6 cm³/mol. The van der Waals surface area contributed by atoms with Crippen LogP contribution in [-0.4, -0.2) is 18.3 Å². The first-order valence-electron chi connectivity index (χ1n) is 4.44. The molecular weight excluding hydrogens is 185 g/mol. The van der Waals surface area contributed by atoms with Crippen LogP contribution in [0.1, 0.15) is 18.5 Å². The van der Waals surface area contributed by atoms with Crippen LogP contribution in [0.15, 0.2) is 18.2 Å². The molecule has 0 aromatic heterocycles. The minimum absolute atomic E-state index is 0.0701. The second-order valence-corrected chi connectivity index (χ2v) is 3.02. The van der Waals surface area contributed by atoms with Gasteiger partial charge in [0.2, 0.25) is 0 Å². The normalized spacial score (nSPS) is 12.6. The quantitative estimate of drug-likeness (QED) is 0.766. The first-order valence-corrected chi connectivity index (χ1v) is 4.44. The van der Waals surface area contributed by atoms with Crippen molar-refractivity contribution in [3.05, 3.63) is 29.6 Å². The number of para-hydroxylation sites is 1. The lowest BCUT2D eigenvalue weighted by molar-refractivity contribution is 0.195. The Balaban J connectivity index is 2.96. The maximum atomic E-state index is 13.3. The molecule has 0 bridgehead atoms. The van der Waals surface area contributed by atoms with Crippen LogP contribution in [0.5, 0.6) is 5.75 Å². The summed E-state index contributed by atoms with van der Waals surface area (Å²) in [5.74, 6) is -0.315. The Bertz CT molecular complexity index is 302. The molecule has 1 aromatic rings. The standard InChI is InChI=1S/C10H14FNO2/c1-7(12)8-3-2-4-9(11)10(8)14-6-5-13/h2-4,7,13H,5-6,12H2,1H3. The highest BCUT2D eigenvalue weighted by Gasteiger charge is 2.12. The Morgan fingerprint density at radius 3 is 2.86 bits per heavy atom. The Kier molecular flexibility index (Phi) is 3.85. The summed E-state index contributed by atoms with van der Waals surface area (Å²) in [6.45, 7) is 1.67. The highest BCUT2D eigenvalue weighted by atomic mass is 19.1. The lowest BCUT2D eigenvalue weighted by Gasteiger charge is -2.13. The van der Waals surface area contributed by atoms with Crippen LogP contribution in [0, 0.1) is 5.82 Å². The first kappa shape index (κ1) is 10.9. The van der Waals surface area contributed by atoms with Crippen molar-refractivity contribution in [3.63, 3.8) is 0 Å². The zero-order valence-corrected chi connectivity index (χ0v) is 8.03. The van der Waals surface area contributed by atoms with Crippen LogP contribution in [0.25, 0.3) is 0 Å². The molecule has 1 unspecified atom stereocenters. The van der Waals surface area contributed by atoms with Crippen molar-refractivity contribution < 1.29 is 14.2 Å². The van der Waals surface area contributed by atoms with E-state index >= 15 is 0 Å². The van der Waals surface area contributed by atoms with Gasteiger partial charge in [0.15, 0.2) is 11.6 Å². The molecule has 0 aliphatic rings. The van der Waals surface area contributed by atoms with Gasteiger partial charge in [0.05, 0.1) is 6.61 Å². The van der Waals surface area contributed by atoms with Gasteiger partial charge in [-0.2, -0.15) is 0 Å². The van der Waals surface area contributed by atoms with Gasteiger partial charge in [0.25, 0.3) is 0 Å². The summed E-state index contributed by atoms with van der Waals surface area (Å²) >= 11 is 0. The molecule has 0 saturated carbocycles. The molecule has 78 valence electrons. The zero-order chi connectivity index (χ0) is 10.6. The van der Waals surface area contributed by atoms with Gasteiger partial charge in [-0.15, -0.1) is 0 Å². The van der Waals surface area contributed by atoms with Crippen molar-refractivity contribution in [1.29, 1.82) is 0 Å². The van der Waals surface area contributed by atoms with Gasteiger partial charge in [0.1, 0.15) is 6.61 Å². The number of aliphatic hydroxyl groups is 1. The van der Waals surface area contributed by atoms with Crippen LogP contribution in [0.4, 0.5) is 4.39 Å². The smallest absolute Gasteiger partial charge is 0.165 e. The lowest BCUT2D eigenvalue weighted by Crippen LogP contribution is -2.11. The van der Waals surface area contributed by atoms with E-state index in [4.69, 9.17) is 15.6 Å². The second kappa shape index (κ2) is 4.93. The largest absolute Gasteiger partial charge is 0.488 e. The molecular formula is C10H14FNO2. The minimum atomic E-state index is -0.451. The summed E-state index contributed by atoms with van der Waals surface area (Å²) in [6, 6.07) is 4.30. The third-order valence-corrected chi connectivity index (χ3v) is 1.83.